The van der Waals surface area contributed by atoms with Crippen LogP contribution in [0.3, 0.4) is 0 Å². The van der Waals surface area contributed by atoms with E-state index in [9.17, 15) is 0 Å². The Morgan fingerprint density at radius 1 is 1.41 bits per heavy atom. The molecule has 1 aromatic heterocycles. The molecule has 1 rings (SSSR count). The number of aromatic nitrogens is 3. The van der Waals surface area contributed by atoms with Crippen molar-refractivity contribution in [1.82, 2.24) is 15.0 Å². The zero-order valence-corrected chi connectivity index (χ0v) is 10.5. The summed E-state index contributed by atoms with van der Waals surface area (Å²) in [6.07, 6.45) is 7.60. The van der Waals surface area contributed by atoms with Crippen molar-refractivity contribution in [2.45, 2.75) is 26.2 Å². The van der Waals surface area contributed by atoms with Crippen LogP contribution in [0.4, 0.5) is 5.95 Å². The maximum Gasteiger partial charge on any atom is 0.322 e. The van der Waals surface area contributed by atoms with Gasteiger partial charge in [-0.15, -0.1) is 12.3 Å². The zero-order chi connectivity index (χ0) is 12.5. The Balaban J connectivity index is 2.53. The van der Waals surface area contributed by atoms with E-state index in [1.165, 1.54) is 0 Å². The number of ether oxygens (including phenoxy) is 1. The molecule has 0 radical (unpaired) electrons. The van der Waals surface area contributed by atoms with E-state index in [-0.39, 0.29) is 11.3 Å². The monoisotopic (exact) mass is 254 g/mol. The van der Waals surface area contributed by atoms with E-state index in [4.69, 9.17) is 22.8 Å². The molecular weight excluding hydrogens is 240 g/mol. The van der Waals surface area contributed by atoms with Crippen molar-refractivity contribution in [2.75, 3.05) is 18.5 Å². The first kappa shape index (κ1) is 13.5. The van der Waals surface area contributed by atoms with E-state index in [1.54, 1.807) is 0 Å². The second-order valence-electron chi connectivity index (χ2n) is 3.29. The van der Waals surface area contributed by atoms with Crippen molar-refractivity contribution in [1.29, 1.82) is 0 Å². The van der Waals surface area contributed by atoms with E-state index in [2.05, 4.69) is 26.2 Å². The summed E-state index contributed by atoms with van der Waals surface area (Å²) in [5.41, 5.74) is 0. The summed E-state index contributed by atoms with van der Waals surface area (Å²) < 4.78 is 5.29. The Morgan fingerprint density at radius 2 is 2.24 bits per heavy atom. The van der Waals surface area contributed by atoms with E-state index in [0.29, 0.717) is 25.5 Å². The molecule has 1 heterocycles. The van der Waals surface area contributed by atoms with Gasteiger partial charge in [0.1, 0.15) is 0 Å². The molecule has 0 amide bonds. The standard InChI is InChI=1S/C11H15ClN4O/c1-3-5-6-7-13-10-14-9(12)15-11(16-10)17-8-4-2/h1H,4-8H2,2H3,(H,13,14,15,16). The minimum atomic E-state index is 0.116. The van der Waals surface area contributed by atoms with E-state index in [0.717, 1.165) is 12.8 Å². The third kappa shape index (κ3) is 5.36. The summed E-state index contributed by atoms with van der Waals surface area (Å²) in [7, 11) is 0. The molecule has 0 fully saturated rings. The fourth-order valence-electron chi connectivity index (χ4n) is 1.06. The van der Waals surface area contributed by atoms with Gasteiger partial charge in [-0.3, -0.25) is 0 Å². The zero-order valence-electron chi connectivity index (χ0n) is 9.74. The molecule has 0 aliphatic carbocycles. The molecule has 0 aliphatic heterocycles. The Labute approximate surface area is 106 Å². The van der Waals surface area contributed by atoms with Crippen molar-refractivity contribution >= 4 is 17.5 Å². The first-order chi connectivity index (χ1) is 8.26. The fraction of sp³-hybridized carbons (Fsp3) is 0.545. The normalized spacial score (nSPS) is 9.71. The second-order valence-corrected chi connectivity index (χ2v) is 3.63. The molecule has 0 aliphatic rings. The molecule has 6 heteroatoms. The molecule has 0 saturated heterocycles. The first-order valence-corrected chi connectivity index (χ1v) is 5.85. The highest BCUT2D eigenvalue weighted by molar-refractivity contribution is 6.28. The topological polar surface area (TPSA) is 59.9 Å². The molecule has 92 valence electrons. The predicted molar refractivity (Wildman–Crippen MR) is 67.2 cm³/mol. The van der Waals surface area contributed by atoms with Gasteiger partial charge in [0.05, 0.1) is 6.61 Å². The minimum absolute atomic E-state index is 0.116. The third-order valence-corrected chi connectivity index (χ3v) is 1.97. The Morgan fingerprint density at radius 3 is 2.94 bits per heavy atom. The second kappa shape index (κ2) is 7.69. The summed E-state index contributed by atoms with van der Waals surface area (Å²) in [5.74, 6) is 2.97. The lowest BCUT2D eigenvalue weighted by molar-refractivity contribution is 0.291. The largest absolute Gasteiger partial charge is 0.463 e. The van der Waals surface area contributed by atoms with Crippen LogP contribution in [0.25, 0.3) is 0 Å². The number of hydrogen-bond acceptors (Lipinski definition) is 5. The summed E-state index contributed by atoms with van der Waals surface area (Å²) in [5, 5.41) is 3.13. The number of rotatable bonds is 7. The molecule has 1 aromatic rings. The Hall–Kier alpha value is -1.54. The highest BCUT2D eigenvalue weighted by Crippen LogP contribution is 2.11. The van der Waals surface area contributed by atoms with Gasteiger partial charge in [0, 0.05) is 13.0 Å². The highest BCUT2D eigenvalue weighted by atomic mass is 35.5. The molecule has 1 N–H and O–H groups in total. The average molecular weight is 255 g/mol. The van der Waals surface area contributed by atoms with Crippen LogP contribution in [0.5, 0.6) is 6.01 Å². The quantitative estimate of drug-likeness (QED) is 0.597. The van der Waals surface area contributed by atoms with Gasteiger partial charge in [-0.2, -0.15) is 15.0 Å². The van der Waals surface area contributed by atoms with Crippen molar-refractivity contribution in [3.63, 3.8) is 0 Å². The summed E-state index contributed by atoms with van der Waals surface area (Å²) >= 11 is 5.75. The molecule has 0 saturated carbocycles. The van der Waals surface area contributed by atoms with Crippen LogP contribution >= 0.6 is 11.6 Å². The molecule has 17 heavy (non-hydrogen) atoms. The van der Waals surface area contributed by atoms with E-state index in [1.807, 2.05) is 6.92 Å². The summed E-state index contributed by atoms with van der Waals surface area (Å²) in [4.78, 5) is 11.9. The molecule has 0 unspecified atom stereocenters. The van der Waals surface area contributed by atoms with Crippen molar-refractivity contribution in [2.24, 2.45) is 0 Å². The van der Waals surface area contributed by atoms with Crippen LogP contribution in [0.1, 0.15) is 26.2 Å². The van der Waals surface area contributed by atoms with E-state index < -0.39 is 0 Å². The Bertz CT molecular complexity index is 392. The van der Waals surface area contributed by atoms with Gasteiger partial charge in [-0.05, 0) is 24.4 Å². The van der Waals surface area contributed by atoms with Gasteiger partial charge >= 0.3 is 6.01 Å². The Kier molecular flexibility index (Phi) is 6.12. The number of hydrogen-bond donors (Lipinski definition) is 1. The van der Waals surface area contributed by atoms with Crippen molar-refractivity contribution in [3.8, 4) is 18.4 Å². The smallest absolute Gasteiger partial charge is 0.322 e. The van der Waals surface area contributed by atoms with Gasteiger partial charge in [0.2, 0.25) is 11.2 Å². The molecule has 0 atom stereocenters. The third-order valence-electron chi connectivity index (χ3n) is 1.80. The van der Waals surface area contributed by atoms with Crippen LogP contribution in [-0.4, -0.2) is 28.1 Å². The van der Waals surface area contributed by atoms with Crippen molar-refractivity contribution in [3.05, 3.63) is 5.28 Å². The maximum absolute atomic E-state index is 5.75. The average Bonchev–Trinajstić information content (AvgIpc) is 2.31. The molecular formula is C11H15ClN4O. The number of unbranched alkanes of at least 4 members (excludes halogenated alkanes) is 1. The van der Waals surface area contributed by atoms with Gasteiger partial charge < -0.3 is 10.1 Å². The minimum Gasteiger partial charge on any atom is -0.463 e. The van der Waals surface area contributed by atoms with Crippen molar-refractivity contribution < 1.29 is 4.74 Å². The van der Waals surface area contributed by atoms with Crippen LogP contribution in [-0.2, 0) is 0 Å². The molecule has 0 bridgehead atoms. The van der Waals surface area contributed by atoms with Gasteiger partial charge in [-0.1, -0.05) is 6.92 Å². The van der Waals surface area contributed by atoms with Crippen LogP contribution in [0.15, 0.2) is 0 Å². The molecule has 0 spiro atoms. The van der Waals surface area contributed by atoms with E-state index >= 15 is 0 Å². The van der Waals surface area contributed by atoms with Gasteiger partial charge in [-0.25, -0.2) is 0 Å². The number of nitrogens with zero attached hydrogens (tertiary/aromatic N) is 3. The number of nitrogens with one attached hydrogen (secondary N) is 1. The predicted octanol–water partition coefficient (Wildman–Crippen LogP) is 2.14. The maximum atomic E-state index is 5.75. The molecule has 5 nitrogen and oxygen atoms in total. The SMILES string of the molecule is C#CCCCNc1nc(Cl)nc(OCCC)n1. The number of halogens is 1. The summed E-state index contributed by atoms with van der Waals surface area (Å²) in [6.45, 7) is 3.25. The lowest BCUT2D eigenvalue weighted by Crippen LogP contribution is -2.08. The summed E-state index contributed by atoms with van der Waals surface area (Å²) in [6, 6.07) is 0.242. The lowest BCUT2D eigenvalue weighted by Gasteiger charge is -2.06. The number of terminal acetylenes is 1. The van der Waals surface area contributed by atoms with Crippen LogP contribution < -0.4 is 10.1 Å². The molecule has 0 aromatic carbocycles. The first-order valence-electron chi connectivity index (χ1n) is 5.48. The lowest BCUT2D eigenvalue weighted by atomic mass is 10.3. The van der Waals surface area contributed by atoms with Gasteiger partial charge in [0.25, 0.3) is 0 Å². The van der Waals surface area contributed by atoms with Crippen LogP contribution in [0.2, 0.25) is 5.28 Å². The van der Waals surface area contributed by atoms with Crippen LogP contribution in [0, 0.1) is 12.3 Å². The fourth-order valence-corrected chi connectivity index (χ4v) is 1.21. The number of anilines is 1. The van der Waals surface area contributed by atoms with Gasteiger partial charge in [0.15, 0.2) is 0 Å². The highest BCUT2D eigenvalue weighted by Gasteiger charge is 2.05.